The molecule has 0 aliphatic rings. The van der Waals surface area contributed by atoms with Crippen molar-refractivity contribution in [3.8, 4) is 22.8 Å². The molecule has 28 heavy (non-hydrogen) atoms. The first-order valence-electron chi connectivity index (χ1n) is 9.38. The van der Waals surface area contributed by atoms with E-state index in [1.54, 1.807) is 0 Å². The molecule has 1 aromatic heterocycles. The molecule has 0 saturated heterocycles. The molecule has 3 aromatic rings. The van der Waals surface area contributed by atoms with Crippen molar-refractivity contribution in [1.29, 1.82) is 0 Å². The van der Waals surface area contributed by atoms with Crippen molar-refractivity contribution < 1.29 is 14.3 Å². The van der Waals surface area contributed by atoms with Gasteiger partial charge in [-0.1, -0.05) is 26.0 Å². The van der Waals surface area contributed by atoms with Crippen LogP contribution in [0.3, 0.4) is 0 Å². The maximum Gasteiger partial charge on any atom is 0.264 e. The lowest BCUT2D eigenvalue weighted by atomic mass is 10.2. The molecular weight excluding hydrogens is 372 g/mol. The summed E-state index contributed by atoms with van der Waals surface area (Å²) >= 11 is 1.39. The molecular formula is C22H24N2O3S. The highest BCUT2D eigenvalue weighted by Gasteiger charge is 2.09. The van der Waals surface area contributed by atoms with E-state index < -0.39 is 0 Å². The minimum atomic E-state index is -0.230. The van der Waals surface area contributed by atoms with Gasteiger partial charge in [0.2, 0.25) is 0 Å². The van der Waals surface area contributed by atoms with E-state index in [1.165, 1.54) is 16.9 Å². The summed E-state index contributed by atoms with van der Waals surface area (Å²) < 4.78 is 11.2. The fraction of sp³-hybridized carbons (Fsp3) is 0.273. The predicted octanol–water partition coefficient (Wildman–Crippen LogP) is 5.18. The molecule has 0 fully saturated rings. The quantitative estimate of drug-likeness (QED) is 0.541. The van der Waals surface area contributed by atoms with E-state index in [9.17, 15) is 4.79 Å². The molecule has 0 bridgehead atoms. The highest BCUT2D eigenvalue weighted by atomic mass is 32.1. The normalized spacial score (nSPS) is 10.5. The van der Waals surface area contributed by atoms with Gasteiger partial charge in [0.1, 0.15) is 11.5 Å². The minimum Gasteiger partial charge on any atom is -0.494 e. The van der Waals surface area contributed by atoms with Gasteiger partial charge in [0.15, 0.2) is 11.7 Å². The van der Waals surface area contributed by atoms with Crippen LogP contribution in [-0.2, 0) is 11.2 Å². The van der Waals surface area contributed by atoms with E-state index in [-0.39, 0.29) is 12.5 Å². The fourth-order valence-corrected chi connectivity index (χ4v) is 3.30. The third kappa shape index (κ3) is 5.57. The number of hydrogen-bond acceptors (Lipinski definition) is 5. The summed E-state index contributed by atoms with van der Waals surface area (Å²) in [6.07, 6.45) is 1.90. The monoisotopic (exact) mass is 396 g/mol. The number of anilines is 1. The maximum atomic E-state index is 12.1. The molecule has 1 heterocycles. The lowest BCUT2D eigenvalue weighted by Gasteiger charge is -2.07. The number of nitrogens with zero attached hydrogens (tertiary/aromatic N) is 1. The van der Waals surface area contributed by atoms with Gasteiger partial charge in [0, 0.05) is 10.9 Å². The first kappa shape index (κ1) is 19.9. The summed E-state index contributed by atoms with van der Waals surface area (Å²) in [6, 6.07) is 15.6. The zero-order valence-corrected chi connectivity index (χ0v) is 16.9. The van der Waals surface area contributed by atoms with E-state index in [4.69, 9.17) is 9.47 Å². The van der Waals surface area contributed by atoms with Crippen LogP contribution in [0.5, 0.6) is 11.5 Å². The molecule has 2 aromatic carbocycles. The van der Waals surface area contributed by atoms with Crippen molar-refractivity contribution in [3.05, 3.63) is 59.5 Å². The number of amides is 1. The van der Waals surface area contributed by atoms with Crippen molar-refractivity contribution in [2.24, 2.45) is 0 Å². The number of rotatable bonds is 9. The Kier molecular flexibility index (Phi) is 7.03. The van der Waals surface area contributed by atoms with Crippen LogP contribution in [0, 0.1) is 0 Å². The molecule has 0 atom stereocenters. The Hall–Kier alpha value is -2.86. The van der Waals surface area contributed by atoms with E-state index >= 15 is 0 Å². The largest absolute Gasteiger partial charge is 0.494 e. The van der Waals surface area contributed by atoms with E-state index in [2.05, 4.69) is 24.1 Å². The fourth-order valence-electron chi connectivity index (χ4n) is 2.56. The van der Waals surface area contributed by atoms with Crippen LogP contribution < -0.4 is 14.8 Å². The van der Waals surface area contributed by atoms with Crippen molar-refractivity contribution >= 4 is 22.4 Å². The number of carbonyl (C=O) groups excluding carboxylic acids is 1. The van der Waals surface area contributed by atoms with Gasteiger partial charge in [0.25, 0.3) is 5.91 Å². The SMILES string of the molecule is CCCOc1ccc(-c2csc(NC(=O)COc3cccc(CC)c3)n2)cc1. The van der Waals surface area contributed by atoms with Gasteiger partial charge >= 0.3 is 0 Å². The average molecular weight is 397 g/mol. The number of aryl methyl sites for hydroxylation is 1. The molecule has 0 radical (unpaired) electrons. The number of carbonyl (C=O) groups is 1. The second-order valence-electron chi connectivity index (χ2n) is 6.25. The van der Waals surface area contributed by atoms with Gasteiger partial charge in [0.05, 0.1) is 12.3 Å². The zero-order chi connectivity index (χ0) is 19.8. The molecule has 0 unspecified atom stereocenters. The lowest BCUT2D eigenvalue weighted by molar-refractivity contribution is -0.118. The molecule has 1 amide bonds. The Morgan fingerprint density at radius 3 is 2.64 bits per heavy atom. The van der Waals surface area contributed by atoms with Crippen LogP contribution in [0.2, 0.25) is 0 Å². The molecule has 146 valence electrons. The van der Waals surface area contributed by atoms with Crippen molar-refractivity contribution in [2.75, 3.05) is 18.5 Å². The summed E-state index contributed by atoms with van der Waals surface area (Å²) in [4.78, 5) is 16.6. The minimum absolute atomic E-state index is 0.0501. The van der Waals surface area contributed by atoms with Crippen LogP contribution in [0.4, 0.5) is 5.13 Å². The number of nitrogens with one attached hydrogen (secondary N) is 1. The molecule has 0 aliphatic heterocycles. The summed E-state index contributed by atoms with van der Waals surface area (Å²) in [6.45, 7) is 4.81. The van der Waals surface area contributed by atoms with Crippen LogP contribution in [0.1, 0.15) is 25.8 Å². The Balaban J connectivity index is 1.54. The average Bonchev–Trinajstić information content (AvgIpc) is 3.19. The van der Waals surface area contributed by atoms with Gasteiger partial charge in [-0.3, -0.25) is 10.1 Å². The van der Waals surface area contributed by atoms with Crippen molar-refractivity contribution in [3.63, 3.8) is 0 Å². The smallest absolute Gasteiger partial charge is 0.264 e. The van der Waals surface area contributed by atoms with Crippen molar-refractivity contribution in [2.45, 2.75) is 26.7 Å². The Morgan fingerprint density at radius 1 is 1.07 bits per heavy atom. The number of ether oxygens (including phenoxy) is 2. The molecule has 1 N–H and O–H groups in total. The molecule has 6 heteroatoms. The van der Waals surface area contributed by atoms with Crippen LogP contribution in [-0.4, -0.2) is 24.1 Å². The van der Waals surface area contributed by atoms with Gasteiger partial charge in [-0.15, -0.1) is 11.3 Å². The Morgan fingerprint density at radius 2 is 1.89 bits per heavy atom. The topological polar surface area (TPSA) is 60.5 Å². The first-order chi connectivity index (χ1) is 13.7. The van der Waals surface area contributed by atoms with Gasteiger partial charge in [-0.05, 0) is 54.8 Å². The summed E-state index contributed by atoms with van der Waals surface area (Å²) in [7, 11) is 0. The number of thiazole rings is 1. The second-order valence-corrected chi connectivity index (χ2v) is 7.11. The second kappa shape index (κ2) is 9.90. The van der Waals surface area contributed by atoms with Gasteiger partial charge in [-0.25, -0.2) is 4.98 Å². The summed E-state index contributed by atoms with van der Waals surface area (Å²) in [5.41, 5.74) is 2.97. The summed E-state index contributed by atoms with van der Waals surface area (Å²) in [5, 5.41) is 5.26. The first-order valence-corrected chi connectivity index (χ1v) is 10.3. The molecule has 0 spiro atoms. The van der Waals surface area contributed by atoms with Crippen LogP contribution >= 0.6 is 11.3 Å². The van der Waals surface area contributed by atoms with E-state index in [0.717, 1.165) is 29.8 Å². The van der Waals surface area contributed by atoms with Gasteiger partial charge < -0.3 is 9.47 Å². The highest BCUT2D eigenvalue weighted by molar-refractivity contribution is 7.14. The van der Waals surface area contributed by atoms with Crippen molar-refractivity contribution in [1.82, 2.24) is 4.98 Å². The zero-order valence-electron chi connectivity index (χ0n) is 16.1. The van der Waals surface area contributed by atoms with E-state index in [1.807, 2.05) is 53.9 Å². The van der Waals surface area contributed by atoms with E-state index in [0.29, 0.717) is 17.5 Å². The van der Waals surface area contributed by atoms with Crippen LogP contribution in [0.25, 0.3) is 11.3 Å². The standard InChI is InChI=1S/C22H24N2O3S/c1-3-12-26-18-10-8-17(9-11-18)20-15-28-22(23-20)24-21(25)14-27-19-7-5-6-16(4-2)13-19/h5-11,13,15H,3-4,12,14H2,1-2H3,(H,23,24,25). The number of benzene rings is 2. The number of hydrogen-bond donors (Lipinski definition) is 1. The lowest BCUT2D eigenvalue weighted by Crippen LogP contribution is -2.20. The van der Waals surface area contributed by atoms with Crippen LogP contribution in [0.15, 0.2) is 53.9 Å². The Labute approximate surface area is 169 Å². The third-order valence-electron chi connectivity index (χ3n) is 4.05. The molecule has 5 nitrogen and oxygen atoms in total. The Bertz CT molecular complexity index is 906. The molecule has 0 aliphatic carbocycles. The highest BCUT2D eigenvalue weighted by Crippen LogP contribution is 2.26. The predicted molar refractivity (Wildman–Crippen MR) is 113 cm³/mol. The third-order valence-corrected chi connectivity index (χ3v) is 4.81. The molecule has 0 saturated carbocycles. The molecule has 3 rings (SSSR count). The summed E-state index contributed by atoms with van der Waals surface area (Å²) in [5.74, 6) is 1.31. The number of aromatic nitrogens is 1. The van der Waals surface area contributed by atoms with Gasteiger partial charge in [-0.2, -0.15) is 0 Å². The maximum absolute atomic E-state index is 12.1.